The lowest BCUT2D eigenvalue weighted by Crippen LogP contribution is -2.20. The van der Waals surface area contributed by atoms with Crippen molar-refractivity contribution in [2.45, 2.75) is 12.8 Å². The summed E-state index contributed by atoms with van der Waals surface area (Å²) in [4.78, 5) is 0. The third-order valence-electron chi connectivity index (χ3n) is 4.36. The molecule has 1 unspecified atom stereocenters. The molecule has 2 aromatic heterocycles. The van der Waals surface area contributed by atoms with Crippen molar-refractivity contribution in [3.05, 3.63) is 70.4 Å². The predicted molar refractivity (Wildman–Crippen MR) is 91.5 cm³/mol. The highest BCUT2D eigenvalue weighted by molar-refractivity contribution is 5.66. The molecule has 0 saturated heterocycles. The highest BCUT2D eigenvalue weighted by Gasteiger charge is 2.36. The second-order valence-corrected chi connectivity index (χ2v) is 5.84. The van der Waals surface area contributed by atoms with E-state index < -0.39 is 5.92 Å². The molecule has 3 heterocycles. The molecule has 0 saturated carbocycles. The van der Waals surface area contributed by atoms with Gasteiger partial charge in [-0.3, -0.25) is 0 Å². The molecule has 1 atom stereocenters. The SMILES string of the molecule is Cc1n[nH]c2c1C(c1ccc(-c3ccccc3C#N)o1)C(C#N)=C(N)O2. The van der Waals surface area contributed by atoms with E-state index in [-0.39, 0.29) is 11.5 Å². The molecule has 26 heavy (non-hydrogen) atoms. The van der Waals surface area contributed by atoms with Crippen molar-refractivity contribution in [2.24, 2.45) is 5.73 Å². The van der Waals surface area contributed by atoms with Gasteiger partial charge in [0.1, 0.15) is 23.2 Å². The number of allylic oxidation sites excluding steroid dienone is 1. The number of H-pyrrole nitrogens is 1. The van der Waals surface area contributed by atoms with Gasteiger partial charge in [0.25, 0.3) is 0 Å². The second kappa shape index (κ2) is 5.83. The zero-order chi connectivity index (χ0) is 18.3. The average Bonchev–Trinajstić information content (AvgIpc) is 3.28. The molecule has 0 bridgehead atoms. The molecule has 7 heteroatoms. The molecule has 0 amide bonds. The van der Waals surface area contributed by atoms with Gasteiger partial charge in [-0.2, -0.15) is 15.6 Å². The highest BCUT2D eigenvalue weighted by Crippen LogP contribution is 2.43. The Kier molecular flexibility index (Phi) is 3.49. The lowest BCUT2D eigenvalue weighted by atomic mass is 9.88. The predicted octanol–water partition coefficient (Wildman–Crippen LogP) is 3.07. The molecule has 0 spiro atoms. The highest BCUT2D eigenvalue weighted by atomic mass is 16.5. The van der Waals surface area contributed by atoms with Gasteiger partial charge in [-0.1, -0.05) is 12.1 Å². The summed E-state index contributed by atoms with van der Waals surface area (Å²) in [6.07, 6.45) is 0. The molecule has 1 aliphatic rings. The summed E-state index contributed by atoms with van der Waals surface area (Å²) in [5, 5.41) is 25.8. The van der Waals surface area contributed by atoms with Crippen LogP contribution in [0.3, 0.4) is 0 Å². The van der Waals surface area contributed by atoms with Crippen LogP contribution in [0.25, 0.3) is 11.3 Å². The molecule has 0 aliphatic carbocycles. The first kappa shape index (κ1) is 15.6. The molecular formula is C19H13N5O2. The van der Waals surface area contributed by atoms with Crippen molar-refractivity contribution in [1.29, 1.82) is 10.5 Å². The molecule has 7 nitrogen and oxygen atoms in total. The standard InChI is InChI=1S/C19H13N5O2/c1-10-16-17(13(9-21)18(22)26-19(16)24-23-10)15-7-6-14(25-15)12-5-3-2-4-11(12)8-20/h2-7,17H,22H2,1H3,(H,23,24). The molecule has 4 rings (SSSR count). The Bertz CT molecular complexity index is 1120. The van der Waals surface area contributed by atoms with E-state index in [1.807, 2.05) is 19.1 Å². The van der Waals surface area contributed by atoms with E-state index in [2.05, 4.69) is 22.3 Å². The van der Waals surface area contributed by atoms with Gasteiger partial charge in [-0.15, -0.1) is 0 Å². The number of nitrogens with two attached hydrogens (primary N) is 1. The first-order valence-corrected chi connectivity index (χ1v) is 7.85. The summed E-state index contributed by atoms with van der Waals surface area (Å²) >= 11 is 0. The van der Waals surface area contributed by atoms with Crippen LogP contribution in [0.5, 0.6) is 5.88 Å². The third-order valence-corrected chi connectivity index (χ3v) is 4.36. The fraction of sp³-hybridized carbons (Fsp3) is 0.105. The van der Waals surface area contributed by atoms with Crippen LogP contribution in [-0.4, -0.2) is 10.2 Å². The first-order chi connectivity index (χ1) is 12.6. The zero-order valence-corrected chi connectivity index (χ0v) is 13.8. The maximum absolute atomic E-state index is 9.57. The number of fused-ring (bicyclic) bond motifs is 1. The van der Waals surface area contributed by atoms with Crippen molar-refractivity contribution in [2.75, 3.05) is 0 Å². The number of aromatic amines is 1. The summed E-state index contributed by atoms with van der Waals surface area (Å²) in [5.41, 5.74) is 8.77. The maximum Gasteiger partial charge on any atom is 0.221 e. The number of hydrogen-bond acceptors (Lipinski definition) is 6. The van der Waals surface area contributed by atoms with E-state index in [4.69, 9.17) is 14.9 Å². The number of nitriles is 2. The molecule has 0 fully saturated rings. The van der Waals surface area contributed by atoms with E-state index in [1.54, 1.807) is 24.3 Å². The van der Waals surface area contributed by atoms with Crippen LogP contribution in [-0.2, 0) is 0 Å². The number of furan rings is 1. The number of nitrogens with zero attached hydrogens (tertiary/aromatic N) is 3. The number of hydrogen-bond donors (Lipinski definition) is 2. The Morgan fingerprint density at radius 3 is 2.73 bits per heavy atom. The van der Waals surface area contributed by atoms with E-state index in [1.165, 1.54) is 0 Å². The minimum Gasteiger partial charge on any atom is -0.460 e. The second-order valence-electron chi connectivity index (χ2n) is 5.84. The Morgan fingerprint density at radius 1 is 1.15 bits per heavy atom. The molecule has 126 valence electrons. The van der Waals surface area contributed by atoms with Crippen molar-refractivity contribution < 1.29 is 9.15 Å². The fourth-order valence-electron chi connectivity index (χ4n) is 3.14. The van der Waals surface area contributed by atoms with Gasteiger partial charge in [0.2, 0.25) is 11.8 Å². The quantitative estimate of drug-likeness (QED) is 0.736. The first-order valence-electron chi connectivity index (χ1n) is 7.85. The lowest BCUT2D eigenvalue weighted by molar-refractivity contribution is 0.371. The van der Waals surface area contributed by atoms with Crippen molar-refractivity contribution in [1.82, 2.24) is 10.2 Å². The number of rotatable bonds is 2. The third kappa shape index (κ3) is 2.23. The monoisotopic (exact) mass is 343 g/mol. The minimum absolute atomic E-state index is 0.0176. The van der Waals surface area contributed by atoms with Crippen LogP contribution in [0, 0.1) is 29.6 Å². The van der Waals surface area contributed by atoms with Gasteiger partial charge in [-0.25, -0.2) is 5.10 Å². The van der Waals surface area contributed by atoms with Gasteiger partial charge in [-0.05, 0) is 31.2 Å². The van der Waals surface area contributed by atoms with E-state index in [0.717, 1.165) is 0 Å². The van der Waals surface area contributed by atoms with Gasteiger partial charge in [0, 0.05) is 5.56 Å². The van der Waals surface area contributed by atoms with Crippen molar-refractivity contribution >= 4 is 0 Å². The summed E-state index contributed by atoms with van der Waals surface area (Å²) in [5.74, 6) is 0.970. The van der Waals surface area contributed by atoms with E-state index >= 15 is 0 Å². The topological polar surface area (TPSA) is 125 Å². The van der Waals surface area contributed by atoms with Crippen LogP contribution in [0.1, 0.15) is 28.5 Å². The average molecular weight is 343 g/mol. The number of nitrogens with one attached hydrogen (secondary N) is 1. The van der Waals surface area contributed by atoms with Crippen LogP contribution in [0.2, 0.25) is 0 Å². The minimum atomic E-state index is -0.523. The van der Waals surface area contributed by atoms with E-state index in [0.29, 0.717) is 39.8 Å². The Labute approximate surface area is 148 Å². The lowest BCUT2D eigenvalue weighted by Gasteiger charge is -2.21. The van der Waals surface area contributed by atoms with E-state index in [9.17, 15) is 10.5 Å². The molecule has 3 N–H and O–H groups in total. The van der Waals surface area contributed by atoms with Gasteiger partial charge < -0.3 is 14.9 Å². The van der Waals surface area contributed by atoms with Crippen LogP contribution in [0.4, 0.5) is 0 Å². The Morgan fingerprint density at radius 2 is 1.96 bits per heavy atom. The molecular weight excluding hydrogens is 330 g/mol. The summed E-state index contributed by atoms with van der Waals surface area (Å²) in [6, 6.07) is 15.0. The number of ether oxygens (including phenoxy) is 1. The molecule has 1 aromatic carbocycles. The maximum atomic E-state index is 9.57. The fourth-order valence-corrected chi connectivity index (χ4v) is 3.14. The largest absolute Gasteiger partial charge is 0.460 e. The number of aryl methyl sites for hydroxylation is 1. The van der Waals surface area contributed by atoms with Crippen LogP contribution >= 0.6 is 0 Å². The van der Waals surface area contributed by atoms with Gasteiger partial charge in [0.15, 0.2) is 0 Å². The smallest absolute Gasteiger partial charge is 0.221 e. The summed E-state index contributed by atoms with van der Waals surface area (Å²) in [7, 11) is 0. The van der Waals surface area contributed by atoms with Gasteiger partial charge in [0.05, 0.1) is 28.8 Å². The Balaban J connectivity index is 1.86. The Hall–Kier alpha value is -3.97. The summed E-state index contributed by atoms with van der Waals surface area (Å²) < 4.78 is 11.5. The number of benzene rings is 1. The zero-order valence-electron chi connectivity index (χ0n) is 13.8. The number of aromatic nitrogens is 2. The molecule has 0 radical (unpaired) electrons. The van der Waals surface area contributed by atoms with Gasteiger partial charge >= 0.3 is 0 Å². The molecule has 1 aliphatic heterocycles. The van der Waals surface area contributed by atoms with Crippen LogP contribution < -0.4 is 10.5 Å². The van der Waals surface area contributed by atoms with Crippen molar-refractivity contribution in [3.63, 3.8) is 0 Å². The summed E-state index contributed by atoms with van der Waals surface area (Å²) in [6.45, 7) is 1.82. The normalized spacial score (nSPS) is 15.7. The van der Waals surface area contributed by atoms with Crippen molar-refractivity contribution in [3.8, 4) is 29.3 Å². The molecule has 3 aromatic rings. The van der Waals surface area contributed by atoms with Crippen LogP contribution in [0.15, 0.2) is 52.3 Å².